The number of amides is 1. The molecule has 1 N–H and O–H groups in total. The first-order chi connectivity index (χ1) is 11.1. The van der Waals surface area contributed by atoms with Gasteiger partial charge in [0.05, 0.1) is 0 Å². The summed E-state index contributed by atoms with van der Waals surface area (Å²) in [4.78, 5) is 12.9. The first-order valence-electron chi connectivity index (χ1n) is 8.88. The van der Waals surface area contributed by atoms with E-state index in [1.165, 1.54) is 12.8 Å². The van der Waals surface area contributed by atoms with Crippen LogP contribution in [0.25, 0.3) is 0 Å². The van der Waals surface area contributed by atoms with Crippen molar-refractivity contribution in [3.8, 4) is 0 Å². The highest BCUT2D eigenvalue weighted by Gasteiger charge is 2.56. The van der Waals surface area contributed by atoms with Crippen LogP contribution in [0.3, 0.4) is 0 Å². The second-order valence-electron chi connectivity index (χ2n) is 8.66. The monoisotopic (exact) mass is 367 g/mol. The molecule has 3 rings (SSSR count). The molecule has 2 aliphatic carbocycles. The van der Waals surface area contributed by atoms with Crippen LogP contribution in [0.1, 0.15) is 52.5 Å². The minimum absolute atomic E-state index is 0.127. The molecule has 2 fully saturated rings. The summed E-state index contributed by atoms with van der Waals surface area (Å²) in [6.45, 7) is 8.70. The summed E-state index contributed by atoms with van der Waals surface area (Å²) in [5, 5.41) is 4.60. The Kier molecular flexibility index (Phi) is 4.68. The van der Waals surface area contributed by atoms with E-state index in [0.29, 0.717) is 39.8 Å². The molecule has 0 aliphatic heterocycles. The van der Waals surface area contributed by atoms with Gasteiger partial charge in [0.15, 0.2) is 0 Å². The van der Waals surface area contributed by atoms with Crippen molar-refractivity contribution in [3.63, 3.8) is 0 Å². The van der Waals surface area contributed by atoms with Gasteiger partial charge in [0.25, 0.3) is 0 Å². The lowest BCUT2D eigenvalue weighted by atomic mass is 9.59. The van der Waals surface area contributed by atoms with Gasteiger partial charge in [-0.25, -0.2) is 0 Å². The standard InChI is InChI=1S/C20H27Cl2NO/c1-12-9-17(15-7-8-20(12,15)4)23-18(24)19(2,3)11-13-5-6-14(21)10-16(13)22/h5-6,10,12,15,17H,7-9,11H2,1-4H3,(H,23,24). The van der Waals surface area contributed by atoms with Crippen molar-refractivity contribution in [2.45, 2.75) is 59.4 Å². The predicted molar refractivity (Wildman–Crippen MR) is 100 cm³/mol. The Morgan fingerprint density at radius 1 is 1.38 bits per heavy atom. The van der Waals surface area contributed by atoms with Crippen molar-refractivity contribution in [1.29, 1.82) is 0 Å². The fourth-order valence-electron chi connectivity index (χ4n) is 4.60. The van der Waals surface area contributed by atoms with Crippen LogP contribution in [0.4, 0.5) is 0 Å². The number of benzene rings is 1. The summed E-state index contributed by atoms with van der Waals surface area (Å²) < 4.78 is 0. The first kappa shape index (κ1) is 18.1. The largest absolute Gasteiger partial charge is 0.353 e. The Morgan fingerprint density at radius 3 is 2.62 bits per heavy atom. The summed E-state index contributed by atoms with van der Waals surface area (Å²) in [6.07, 6.45) is 4.26. The van der Waals surface area contributed by atoms with Crippen LogP contribution < -0.4 is 5.32 Å². The molecule has 132 valence electrons. The predicted octanol–water partition coefficient (Wildman–Crippen LogP) is 5.50. The highest BCUT2D eigenvalue weighted by Crippen LogP contribution is 2.60. The summed E-state index contributed by atoms with van der Waals surface area (Å²) >= 11 is 12.2. The lowest BCUT2D eigenvalue weighted by Gasteiger charge is -2.47. The number of rotatable bonds is 4. The fraction of sp³-hybridized carbons (Fsp3) is 0.650. The number of hydrogen-bond acceptors (Lipinski definition) is 1. The summed E-state index contributed by atoms with van der Waals surface area (Å²) in [5.74, 6) is 1.46. The molecule has 0 aromatic heterocycles. The molecule has 4 heteroatoms. The molecule has 0 bridgehead atoms. The number of halogens is 2. The summed E-state index contributed by atoms with van der Waals surface area (Å²) in [6, 6.07) is 5.81. The lowest BCUT2D eigenvalue weighted by Crippen LogP contribution is -2.49. The van der Waals surface area contributed by atoms with Crippen molar-refractivity contribution >= 4 is 29.1 Å². The second kappa shape index (κ2) is 6.21. The third kappa shape index (κ3) is 3.08. The fourth-order valence-corrected chi connectivity index (χ4v) is 5.07. The van der Waals surface area contributed by atoms with Gasteiger partial charge < -0.3 is 5.32 Å². The van der Waals surface area contributed by atoms with Gasteiger partial charge in [-0.2, -0.15) is 0 Å². The molecule has 4 unspecified atom stereocenters. The average Bonchev–Trinajstić information content (AvgIpc) is 2.62. The molecule has 4 atom stereocenters. The molecule has 0 radical (unpaired) electrons. The van der Waals surface area contributed by atoms with Crippen LogP contribution in [0, 0.1) is 22.7 Å². The van der Waals surface area contributed by atoms with Crippen LogP contribution in [-0.2, 0) is 11.2 Å². The van der Waals surface area contributed by atoms with E-state index in [0.717, 1.165) is 12.0 Å². The number of hydrogen-bond donors (Lipinski definition) is 1. The third-order valence-corrected chi connectivity index (χ3v) is 7.23. The molecular formula is C20H27Cl2NO. The zero-order valence-corrected chi connectivity index (χ0v) is 16.5. The number of carbonyl (C=O) groups is 1. The Hall–Kier alpha value is -0.730. The molecule has 0 saturated heterocycles. The molecule has 0 spiro atoms. The summed E-state index contributed by atoms with van der Waals surface area (Å²) in [5.41, 5.74) is 0.903. The van der Waals surface area contributed by atoms with Crippen LogP contribution in [0.15, 0.2) is 18.2 Å². The zero-order valence-electron chi connectivity index (χ0n) is 15.0. The van der Waals surface area contributed by atoms with E-state index >= 15 is 0 Å². The number of fused-ring (bicyclic) bond motifs is 1. The van der Waals surface area contributed by atoms with Gasteiger partial charge in [-0.15, -0.1) is 0 Å². The molecule has 24 heavy (non-hydrogen) atoms. The quantitative estimate of drug-likeness (QED) is 0.747. The van der Waals surface area contributed by atoms with Crippen molar-refractivity contribution in [1.82, 2.24) is 5.32 Å². The minimum atomic E-state index is -0.497. The summed E-state index contributed by atoms with van der Waals surface area (Å²) in [7, 11) is 0. The molecule has 1 aromatic rings. The van der Waals surface area contributed by atoms with E-state index < -0.39 is 5.41 Å². The van der Waals surface area contributed by atoms with Crippen LogP contribution in [0.5, 0.6) is 0 Å². The van der Waals surface area contributed by atoms with E-state index in [4.69, 9.17) is 23.2 Å². The first-order valence-corrected chi connectivity index (χ1v) is 9.64. The maximum atomic E-state index is 12.9. The molecular weight excluding hydrogens is 341 g/mol. The Labute approximate surface area is 155 Å². The van der Waals surface area contributed by atoms with Gasteiger partial charge in [-0.1, -0.05) is 57.0 Å². The maximum Gasteiger partial charge on any atom is 0.226 e. The lowest BCUT2D eigenvalue weighted by molar-refractivity contribution is -0.130. The SMILES string of the molecule is CC1CC(NC(=O)C(C)(C)Cc2ccc(Cl)cc2Cl)C2CCC12C. The molecule has 2 aliphatic rings. The molecule has 2 nitrogen and oxygen atoms in total. The van der Waals surface area contributed by atoms with Crippen LogP contribution in [0.2, 0.25) is 10.0 Å². The number of nitrogens with one attached hydrogen (secondary N) is 1. The van der Waals surface area contributed by atoms with E-state index in [1.807, 2.05) is 26.0 Å². The van der Waals surface area contributed by atoms with Gasteiger partial charge in [0.1, 0.15) is 0 Å². The Balaban J connectivity index is 1.67. The zero-order chi connectivity index (χ0) is 17.7. The molecule has 1 aromatic carbocycles. The van der Waals surface area contributed by atoms with Crippen LogP contribution >= 0.6 is 23.2 Å². The van der Waals surface area contributed by atoms with Crippen molar-refractivity contribution < 1.29 is 4.79 Å². The van der Waals surface area contributed by atoms with Crippen molar-refractivity contribution in [2.75, 3.05) is 0 Å². The normalized spacial score (nSPS) is 32.2. The molecule has 2 saturated carbocycles. The van der Waals surface area contributed by atoms with Crippen molar-refractivity contribution in [3.05, 3.63) is 33.8 Å². The Morgan fingerprint density at radius 2 is 2.08 bits per heavy atom. The third-order valence-electron chi connectivity index (χ3n) is 6.64. The number of carbonyl (C=O) groups excluding carboxylic acids is 1. The topological polar surface area (TPSA) is 29.1 Å². The van der Waals surface area contributed by atoms with Crippen LogP contribution in [-0.4, -0.2) is 11.9 Å². The highest BCUT2D eigenvalue weighted by atomic mass is 35.5. The molecule has 1 amide bonds. The smallest absolute Gasteiger partial charge is 0.226 e. The Bertz CT molecular complexity index is 657. The van der Waals surface area contributed by atoms with Gasteiger partial charge in [0.2, 0.25) is 5.91 Å². The van der Waals surface area contributed by atoms with E-state index in [2.05, 4.69) is 19.2 Å². The van der Waals surface area contributed by atoms with Gasteiger partial charge in [0, 0.05) is 21.5 Å². The highest BCUT2D eigenvalue weighted by molar-refractivity contribution is 6.35. The second-order valence-corrected chi connectivity index (χ2v) is 9.51. The van der Waals surface area contributed by atoms with E-state index in [-0.39, 0.29) is 5.91 Å². The molecule has 0 heterocycles. The minimum Gasteiger partial charge on any atom is -0.353 e. The van der Waals surface area contributed by atoms with Crippen molar-refractivity contribution in [2.24, 2.45) is 22.7 Å². The van der Waals surface area contributed by atoms with E-state index in [1.54, 1.807) is 6.07 Å². The van der Waals surface area contributed by atoms with E-state index in [9.17, 15) is 4.79 Å². The van der Waals surface area contributed by atoms with Gasteiger partial charge >= 0.3 is 0 Å². The average molecular weight is 368 g/mol. The maximum absolute atomic E-state index is 12.9. The van der Waals surface area contributed by atoms with Gasteiger partial charge in [-0.3, -0.25) is 4.79 Å². The van der Waals surface area contributed by atoms with Gasteiger partial charge in [-0.05, 0) is 60.6 Å².